The maximum absolute atomic E-state index is 5.92. The lowest BCUT2D eigenvalue weighted by Gasteiger charge is -2.22. The van der Waals surface area contributed by atoms with E-state index in [1.807, 2.05) is 24.7 Å². The molecule has 3 heteroatoms. The van der Waals surface area contributed by atoms with Gasteiger partial charge in [-0.25, -0.2) is 0 Å². The molecule has 1 heterocycles. The fraction of sp³-hybridized carbons (Fsp3) is 0.545. The molecule has 1 aromatic rings. The van der Waals surface area contributed by atoms with Gasteiger partial charge in [0.25, 0.3) is 0 Å². The average Bonchev–Trinajstić information content (AvgIpc) is 2.45. The van der Waals surface area contributed by atoms with Crippen LogP contribution in [0.5, 0.6) is 0 Å². The standard InChI is InChI=1S/C11H17ClN2/c1-5-11(3,8-12)7-10-6-9(2)13-14(10)4/h5-6H,1,7-8H2,2-4H3. The number of allylic oxidation sites excluding steroid dienone is 1. The van der Waals surface area contributed by atoms with E-state index >= 15 is 0 Å². The molecular weight excluding hydrogens is 196 g/mol. The van der Waals surface area contributed by atoms with Gasteiger partial charge in [-0.1, -0.05) is 13.0 Å². The fourth-order valence-electron chi connectivity index (χ4n) is 1.42. The molecule has 0 fully saturated rings. The van der Waals surface area contributed by atoms with Gasteiger partial charge in [-0.15, -0.1) is 18.2 Å². The molecule has 0 spiro atoms. The first-order chi connectivity index (χ1) is 6.50. The Kier molecular flexibility index (Phi) is 3.38. The van der Waals surface area contributed by atoms with Crippen LogP contribution in [0.3, 0.4) is 0 Å². The van der Waals surface area contributed by atoms with Gasteiger partial charge < -0.3 is 0 Å². The first-order valence-corrected chi connectivity index (χ1v) is 5.23. The second-order valence-corrected chi connectivity index (χ2v) is 4.34. The third-order valence-electron chi connectivity index (χ3n) is 2.48. The van der Waals surface area contributed by atoms with Crippen LogP contribution in [0.4, 0.5) is 0 Å². The molecule has 0 N–H and O–H groups in total. The summed E-state index contributed by atoms with van der Waals surface area (Å²) in [5.41, 5.74) is 2.20. The van der Waals surface area contributed by atoms with Crippen molar-refractivity contribution in [2.24, 2.45) is 12.5 Å². The monoisotopic (exact) mass is 212 g/mol. The lowest BCUT2D eigenvalue weighted by Crippen LogP contribution is -2.20. The van der Waals surface area contributed by atoms with Crippen LogP contribution in [-0.2, 0) is 13.5 Å². The fourth-order valence-corrected chi connectivity index (χ4v) is 1.62. The van der Waals surface area contributed by atoms with Crippen molar-refractivity contribution < 1.29 is 0 Å². The van der Waals surface area contributed by atoms with E-state index < -0.39 is 0 Å². The Morgan fingerprint density at radius 1 is 1.71 bits per heavy atom. The van der Waals surface area contributed by atoms with Crippen molar-refractivity contribution >= 4 is 11.6 Å². The first kappa shape index (κ1) is 11.3. The topological polar surface area (TPSA) is 17.8 Å². The van der Waals surface area contributed by atoms with E-state index in [0.29, 0.717) is 5.88 Å². The van der Waals surface area contributed by atoms with Crippen LogP contribution in [0, 0.1) is 12.3 Å². The summed E-state index contributed by atoms with van der Waals surface area (Å²) >= 11 is 5.92. The minimum Gasteiger partial charge on any atom is -0.272 e. The molecule has 14 heavy (non-hydrogen) atoms. The van der Waals surface area contributed by atoms with Crippen molar-refractivity contribution in [3.63, 3.8) is 0 Å². The van der Waals surface area contributed by atoms with Crippen LogP contribution >= 0.6 is 11.6 Å². The molecule has 0 aliphatic rings. The van der Waals surface area contributed by atoms with Crippen LogP contribution in [-0.4, -0.2) is 15.7 Å². The molecular formula is C11H17ClN2. The maximum Gasteiger partial charge on any atom is 0.0596 e. The van der Waals surface area contributed by atoms with E-state index in [2.05, 4.69) is 24.7 Å². The van der Waals surface area contributed by atoms with Crippen molar-refractivity contribution in [3.05, 3.63) is 30.1 Å². The van der Waals surface area contributed by atoms with E-state index in [-0.39, 0.29) is 5.41 Å². The van der Waals surface area contributed by atoms with Gasteiger partial charge in [-0.2, -0.15) is 5.10 Å². The molecule has 0 aliphatic heterocycles. The minimum absolute atomic E-state index is 0.0399. The summed E-state index contributed by atoms with van der Waals surface area (Å²) < 4.78 is 1.91. The van der Waals surface area contributed by atoms with Gasteiger partial charge in [0.1, 0.15) is 0 Å². The third-order valence-corrected chi connectivity index (χ3v) is 3.09. The van der Waals surface area contributed by atoms with Gasteiger partial charge in [0, 0.05) is 24.0 Å². The Hall–Kier alpha value is -0.760. The summed E-state index contributed by atoms with van der Waals surface area (Å²) in [7, 11) is 1.96. The second kappa shape index (κ2) is 4.18. The van der Waals surface area contributed by atoms with E-state index in [0.717, 1.165) is 12.1 Å². The lowest BCUT2D eigenvalue weighted by molar-refractivity contribution is 0.466. The largest absolute Gasteiger partial charge is 0.272 e. The van der Waals surface area contributed by atoms with Crippen LogP contribution in [0.25, 0.3) is 0 Å². The quantitative estimate of drug-likeness (QED) is 0.555. The summed E-state index contributed by atoms with van der Waals surface area (Å²) in [5, 5.41) is 4.30. The molecule has 0 saturated carbocycles. The number of hydrogen-bond donors (Lipinski definition) is 0. The third kappa shape index (κ3) is 2.38. The number of nitrogens with zero attached hydrogens (tertiary/aromatic N) is 2. The number of alkyl halides is 1. The number of rotatable bonds is 4. The second-order valence-electron chi connectivity index (χ2n) is 4.07. The van der Waals surface area contributed by atoms with Crippen molar-refractivity contribution in [1.82, 2.24) is 9.78 Å². The van der Waals surface area contributed by atoms with E-state index in [9.17, 15) is 0 Å². The lowest BCUT2D eigenvalue weighted by atomic mass is 9.88. The zero-order valence-corrected chi connectivity index (χ0v) is 9.80. The van der Waals surface area contributed by atoms with Crippen LogP contribution in [0.15, 0.2) is 18.7 Å². The van der Waals surface area contributed by atoms with Crippen LogP contribution in [0.2, 0.25) is 0 Å². The Balaban J connectivity index is 2.87. The number of aromatic nitrogens is 2. The molecule has 0 radical (unpaired) electrons. The molecule has 1 rings (SSSR count). The van der Waals surface area contributed by atoms with Gasteiger partial charge >= 0.3 is 0 Å². The molecule has 0 aromatic carbocycles. The summed E-state index contributed by atoms with van der Waals surface area (Å²) in [6, 6.07) is 2.09. The van der Waals surface area contributed by atoms with Crippen LogP contribution < -0.4 is 0 Å². The number of hydrogen-bond acceptors (Lipinski definition) is 1. The SMILES string of the molecule is C=CC(C)(CCl)Cc1cc(C)nn1C. The highest BCUT2D eigenvalue weighted by molar-refractivity contribution is 6.18. The van der Waals surface area contributed by atoms with Gasteiger partial charge in [0.2, 0.25) is 0 Å². The molecule has 0 bridgehead atoms. The molecule has 78 valence electrons. The Morgan fingerprint density at radius 3 is 2.71 bits per heavy atom. The molecule has 1 aromatic heterocycles. The highest BCUT2D eigenvalue weighted by atomic mass is 35.5. The number of aryl methyl sites for hydroxylation is 2. The van der Waals surface area contributed by atoms with Gasteiger partial charge in [0.15, 0.2) is 0 Å². The van der Waals surface area contributed by atoms with E-state index in [1.165, 1.54) is 5.69 Å². The highest BCUT2D eigenvalue weighted by Gasteiger charge is 2.21. The molecule has 1 unspecified atom stereocenters. The minimum atomic E-state index is -0.0399. The van der Waals surface area contributed by atoms with E-state index in [1.54, 1.807) is 0 Å². The maximum atomic E-state index is 5.92. The summed E-state index contributed by atoms with van der Waals surface area (Å²) in [5.74, 6) is 0.584. The average molecular weight is 213 g/mol. The predicted octanol–water partition coefficient (Wildman–Crippen LogP) is 2.70. The van der Waals surface area contributed by atoms with Gasteiger partial charge in [-0.3, -0.25) is 4.68 Å². The Labute approximate surface area is 90.6 Å². The Bertz CT molecular complexity index is 330. The molecule has 0 amide bonds. The predicted molar refractivity (Wildman–Crippen MR) is 60.7 cm³/mol. The van der Waals surface area contributed by atoms with Crippen molar-refractivity contribution in [1.29, 1.82) is 0 Å². The molecule has 2 nitrogen and oxygen atoms in total. The number of halogens is 1. The normalized spacial score (nSPS) is 15.1. The van der Waals surface area contributed by atoms with Crippen molar-refractivity contribution in [2.75, 3.05) is 5.88 Å². The highest BCUT2D eigenvalue weighted by Crippen LogP contribution is 2.25. The summed E-state index contributed by atoms with van der Waals surface area (Å²) in [6.07, 6.45) is 2.81. The molecule has 1 atom stereocenters. The molecule has 0 saturated heterocycles. The Morgan fingerprint density at radius 2 is 2.36 bits per heavy atom. The summed E-state index contributed by atoms with van der Waals surface area (Å²) in [6.45, 7) is 7.92. The van der Waals surface area contributed by atoms with Crippen molar-refractivity contribution in [3.8, 4) is 0 Å². The van der Waals surface area contributed by atoms with Crippen LogP contribution in [0.1, 0.15) is 18.3 Å². The van der Waals surface area contributed by atoms with Crippen molar-refractivity contribution in [2.45, 2.75) is 20.3 Å². The first-order valence-electron chi connectivity index (χ1n) is 4.70. The zero-order valence-electron chi connectivity index (χ0n) is 9.05. The smallest absolute Gasteiger partial charge is 0.0596 e. The zero-order chi connectivity index (χ0) is 10.8. The van der Waals surface area contributed by atoms with Gasteiger partial charge in [0.05, 0.1) is 5.69 Å². The van der Waals surface area contributed by atoms with E-state index in [4.69, 9.17) is 11.6 Å². The molecule has 0 aliphatic carbocycles. The van der Waals surface area contributed by atoms with Gasteiger partial charge in [-0.05, 0) is 19.4 Å². The summed E-state index contributed by atoms with van der Waals surface area (Å²) in [4.78, 5) is 0.